The van der Waals surface area contributed by atoms with Gasteiger partial charge in [-0.3, -0.25) is 0 Å². The summed E-state index contributed by atoms with van der Waals surface area (Å²) in [7, 11) is 0. The Hall–Kier alpha value is 0.690. The van der Waals surface area contributed by atoms with Crippen molar-refractivity contribution in [3.05, 3.63) is 22.2 Å². The van der Waals surface area contributed by atoms with Crippen molar-refractivity contribution in [2.24, 2.45) is 17.8 Å². The fraction of sp³-hybridized carbons (Fsp3) is 0.667. The van der Waals surface area contributed by atoms with Crippen LogP contribution >= 0.6 is 38.5 Å². The summed E-state index contributed by atoms with van der Waals surface area (Å²) in [4.78, 5) is 0. The molecular weight excluding hydrogens is 351 g/mol. The molecule has 0 fully saturated rings. The molecule has 0 aromatic carbocycles. The van der Waals surface area contributed by atoms with E-state index in [-0.39, 0.29) is 0 Å². The summed E-state index contributed by atoms with van der Waals surface area (Å²) in [6.45, 7) is 9.16. The van der Waals surface area contributed by atoms with Crippen molar-refractivity contribution in [3.8, 4) is 0 Å². The van der Waals surface area contributed by atoms with E-state index in [0.717, 1.165) is 0 Å². The van der Waals surface area contributed by atoms with Crippen molar-refractivity contribution in [3.63, 3.8) is 0 Å². The minimum atomic E-state index is 0.652. The Bertz CT molecular complexity index is 263. The Kier molecular flexibility index (Phi) is 4.69. The first-order chi connectivity index (χ1) is 6.43. The van der Waals surface area contributed by atoms with E-state index in [2.05, 4.69) is 78.4 Å². The molecule has 2 heteroatoms. The first-order valence-corrected chi connectivity index (χ1v) is 7.20. The van der Waals surface area contributed by atoms with Crippen LogP contribution in [0.3, 0.4) is 0 Å². The van der Waals surface area contributed by atoms with Gasteiger partial charge in [0.25, 0.3) is 0 Å². The van der Waals surface area contributed by atoms with Crippen molar-refractivity contribution in [2.75, 3.05) is 0 Å². The molecule has 0 aromatic heterocycles. The SMILES string of the molecule is CC(C)C1=CC(Br)=CC(C(C)C)C1I. The molecule has 1 aliphatic rings. The molecule has 0 heterocycles. The maximum Gasteiger partial charge on any atom is 0.0390 e. The Morgan fingerprint density at radius 1 is 1.29 bits per heavy atom. The van der Waals surface area contributed by atoms with Crippen LogP contribution in [0, 0.1) is 17.8 Å². The van der Waals surface area contributed by atoms with Crippen molar-refractivity contribution in [1.29, 1.82) is 0 Å². The van der Waals surface area contributed by atoms with Crippen LogP contribution in [0.5, 0.6) is 0 Å². The lowest BCUT2D eigenvalue weighted by Gasteiger charge is -2.31. The van der Waals surface area contributed by atoms with Crippen LogP contribution in [0.25, 0.3) is 0 Å². The minimum Gasteiger partial charge on any atom is -0.0771 e. The molecule has 0 amide bonds. The molecule has 14 heavy (non-hydrogen) atoms. The van der Waals surface area contributed by atoms with Crippen LogP contribution < -0.4 is 0 Å². The highest BCUT2D eigenvalue weighted by Gasteiger charge is 2.28. The molecule has 0 N–H and O–H groups in total. The van der Waals surface area contributed by atoms with Gasteiger partial charge < -0.3 is 0 Å². The molecule has 0 saturated heterocycles. The Balaban J connectivity index is 2.95. The molecule has 0 nitrogen and oxygen atoms in total. The first-order valence-electron chi connectivity index (χ1n) is 5.16. The molecule has 1 rings (SSSR count). The normalized spacial score (nSPS) is 28.0. The second-order valence-electron chi connectivity index (χ2n) is 4.57. The van der Waals surface area contributed by atoms with E-state index in [4.69, 9.17) is 0 Å². The molecule has 0 bridgehead atoms. The maximum atomic E-state index is 3.61. The molecule has 1 aliphatic carbocycles. The van der Waals surface area contributed by atoms with Crippen molar-refractivity contribution < 1.29 is 0 Å². The number of allylic oxidation sites excluding steroid dienone is 4. The molecule has 80 valence electrons. The fourth-order valence-electron chi connectivity index (χ4n) is 1.79. The van der Waals surface area contributed by atoms with Gasteiger partial charge in [0, 0.05) is 8.41 Å². The van der Waals surface area contributed by atoms with Crippen molar-refractivity contribution >= 4 is 38.5 Å². The smallest absolute Gasteiger partial charge is 0.0390 e. The van der Waals surface area contributed by atoms with Crippen LogP contribution in [0.1, 0.15) is 27.7 Å². The third-order valence-electron chi connectivity index (χ3n) is 2.75. The third kappa shape index (κ3) is 2.84. The minimum absolute atomic E-state index is 0.652. The van der Waals surface area contributed by atoms with Gasteiger partial charge in [0.15, 0.2) is 0 Å². The predicted molar refractivity (Wildman–Crippen MR) is 76.1 cm³/mol. The second kappa shape index (κ2) is 5.15. The van der Waals surface area contributed by atoms with Gasteiger partial charge in [-0.05, 0) is 23.8 Å². The zero-order chi connectivity index (χ0) is 10.9. The van der Waals surface area contributed by atoms with E-state index >= 15 is 0 Å². The van der Waals surface area contributed by atoms with Crippen LogP contribution in [0.15, 0.2) is 22.2 Å². The van der Waals surface area contributed by atoms with Crippen LogP contribution in [0.4, 0.5) is 0 Å². The summed E-state index contributed by atoms with van der Waals surface area (Å²) in [5.41, 5.74) is 1.57. The van der Waals surface area contributed by atoms with Gasteiger partial charge in [-0.1, -0.05) is 77.9 Å². The third-order valence-corrected chi connectivity index (χ3v) is 4.79. The zero-order valence-corrected chi connectivity index (χ0v) is 13.0. The van der Waals surface area contributed by atoms with E-state index in [1.165, 1.54) is 4.48 Å². The topological polar surface area (TPSA) is 0 Å². The first kappa shape index (κ1) is 12.8. The van der Waals surface area contributed by atoms with Gasteiger partial charge in [0.2, 0.25) is 0 Å². The standard InChI is InChI=1S/C12H18BrI/c1-7(2)10-5-9(13)6-11(8(3)4)12(10)14/h5-8,10,12H,1-4H3. The van der Waals surface area contributed by atoms with Gasteiger partial charge in [-0.2, -0.15) is 0 Å². The Labute approximate surface area is 109 Å². The number of hydrogen-bond donors (Lipinski definition) is 0. The van der Waals surface area contributed by atoms with Crippen LogP contribution in [-0.2, 0) is 0 Å². The van der Waals surface area contributed by atoms with E-state index in [0.29, 0.717) is 21.7 Å². The largest absolute Gasteiger partial charge is 0.0771 e. The molecule has 0 radical (unpaired) electrons. The van der Waals surface area contributed by atoms with E-state index in [9.17, 15) is 0 Å². The van der Waals surface area contributed by atoms with Crippen molar-refractivity contribution in [1.82, 2.24) is 0 Å². The Morgan fingerprint density at radius 3 is 2.29 bits per heavy atom. The van der Waals surface area contributed by atoms with Gasteiger partial charge in [0.05, 0.1) is 0 Å². The average molecular weight is 369 g/mol. The quantitative estimate of drug-likeness (QED) is 0.478. The van der Waals surface area contributed by atoms with E-state index < -0.39 is 0 Å². The highest BCUT2D eigenvalue weighted by molar-refractivity contribution is 14.1. The lowest BCUT2D eigenvalue weighted by molar-refractivity contribution is 0.461. The summed E-state index contributed by atoms with van der Waals surface area (Å²) >= 11 is 6.20. The summed E-state index contributed by atoms with van der Waals surface area (Å²) in [5.74, 6) is 2.04. The highest BCUT2D eigenvalue weighted by atomic mass is 127. The van der Waals surface area contributed by atoms with Gasteiger partial charge in [-0.25, -0.2) is 0 Å². The molecular formula is C12H18BrI. The Morgan fingerprint density at radius 2 is 1.86 bits per heavy atom. The highest BCUT2D eigenvalue weighted by Crippen LogP contribution is 2.38. The molecule has 2 atom stereocenters. The lowest BCUT2D eigenvalue weighted by Crippen LogP contribution is -2.25. The summed E-state index contributed by atoms with van der Waals surface area (Å²) in [5, 5.41) is 0. The summed E-state index contributed by atoms with van der Waals surface area (Å²) in [6, 6.07) is 0. The van der Waals surface area contributed by atoms with E-state index in [1.54, 1.807) is 5.57 Å². The van der Waals surface area contributed by atoms with Crippen LogP contribution in [-0.4, -0.2) is 3.92 Å². The molecule has 2 unspecified atom stereocenters. The number of alkyl halides is 1. The molecule has 0 aromatic rings. The summed E-state index contributed by atoms with van der Waals surface area (Å²) < 4.78 is 1.92. The number of rotatable bonds is 2. The van der Waals surface area contributed by atoms with E-state index in [1.807, 2.05) is 0 Å². The fourth-order valence-corrected chi connectivity index (χ4v) is 4.30. The maximum absolute atomic E-state index is 3.61. The zero-order valence-electron chi connectivity index (χ0n) is 9.22. The molecule has 0 aliphatic heterocycles. The number of halogens is 2. The molecule has 0 spiro atoms. The van der Waals surface area contributed by atoms with Gasteiger partial charge in [-0.15, -0.1) is 0 Å². The lowest BCUT2D eigenvalue weighted by atomic mass is 9.82. The molecule has 0 saturated carbocycles. The van der Waals surface area contributed by atoms with Gasteiger partial charge >= 0.3 is 0 Å². The van der Waals surface area contributed by atoms with Crippen LogP contribution in [0.2, 0.25) is 0 Å². The summed E-state index contributed by atoms with van der Waals surface area (Å²) in [6.07, 6.45) is 4.65. The van der Waals surface area contributed by atoms with Gasteiger partial charge in [0.1, 0.15) is 0 Å². The second-order valence-corrected chi connectivity index (χ2v) is 6.83. The monoisotopic (exact) mass is 368 g/mol. The van der Waals surface area contributed by atoms with Crippen molar-refractivity contribution in [2.45, 2.75) is 31.6 Å². The number of hydrogen-bond acceptors (Lipinski definition) is 0. The average Bonchev–Trinajstić information content (AvgIpc) is 2.07. The predicted octanol–water partition coefficient (Wildman–Crippen LogP) is 4.94.